The fourth-order valence-corrected chi connectivity index (χ4v) is 64.2. The van der Waals surface area contributed by atoms with Crippen LogP contribution in [0.4, 0.5) is 0 Å². The second-order valence-electron chi connectivity index (χ2n) is 2.09. The minimum atomic E-state index is 0.0514. The van der Waals surface area contributed by atoms with E-state index in [-0.39, 0.29) is 28.9 Å². The van der Waals surface area contributed by atoms with Gasteiger partial charge in [-0.05, 0) is 14.3 Å². The van der Waals surface area contributed by atoms with Crippen LogP contribution in [0.15, 0.2) is 0 Å². The quantitative estimate of drug-likeness (QED) is 0.480. The average Bonchev–Trinajstić information content (AvgIpc) is 1.97. The van der Waals surface area contributed by atoms with E-state index in [0.29, 0.717) is 0 Å². The maximum Gasteiger partial charge on any atom is 0.0414 e. The van der Waals surface area contributed by atoms with Gasteiger partial charge in [0.25, 0.3) is 0 Å². The van der Waals surface area contributed by atoms with E-state index >= 15 is 0 Å². The Morgan fingerprint density at radius 3 is 1.31 bits per heavy atom. The van der Waals surface area contributed by atoms with Gasteiger partial charge in [0.15, 0.2) is 0 Å². The van der Waals surface area contributed by atoms with Gasteiger partial charge in [0.05, 0.1) is 0 Å². The van der Waals surface area contributed by atoms with Crippen molar-refractivity contribution in [3.8, 4) is 0 Å². The molecular weight excluding hydrogens is 384 g/mol. The maximum absolute atomic E-state index is 3.01. The Morgan fingerprint density at radius 1 is 0.846 bits per heavy atom. The lowest BCUT2D eigenvalue weighted by molar-refractivity contribution is 2.06. The van der Waals surface area contributed by atoms with Crippen molar-refractivity contribution in [1.82, 2.24) is 0 Å². The Hall–Kier alpha value is 5.16. The molecule has 0 saturated carbocycles. The summed E-state index contributed by atoms with van der Waals surface area (Å²) in [6.07, 6.45) is 0. The predicted molar refractivity (Wildman–Crippen MR) is 108 cm³/mol. The molecule has 13 heavy (non-hydrogen) atoms. The van der Waals surface area contributed by atoms with Crippen molar-refractivity contribution in [3.63, 3.8) is 0 Å². The molecule has 0 bridgehead atoms. The molecule has 0 aromatic rings. The van der Waals surface area contributed by atoms with E-state index in [0.717, 1.165) is 13.1 Å². The van der Waals surface area contributed by atoms with Crippen LogP contribution in [0.25, 0.3) is 0 Å². The molecule has 0 rings (SSSR count). The molecule has 0 spiro atoms. The third kappa shape index (κ3) is 7.35. The summed E-state index contributed by atoms with van der Waals surface area (Å²) in [4.78, 5) is 0. The van der Waals surface area contributed by atoms with Gasteiger partial charge in [-0.25, -0.2) is 0 Å². The first-order chi connectivity index (χ1) is 5.91. The molecule has 12 heteroatoms. The smallest absolute Gasteiger partial charge is 0.0414 e. The summed E-state index contributed by atoms with van der Waals surface area (Å²) < 4.78 is 0. The van der Waals surface area contributed by atoms with Crippen molar-refractivity contribution >= 4 is 99.3 Å². The van der Waals surface area contributed by atoms with Crippen molar-refractivity contribution in [3.05, 3.63) is 0 Å². The zero-order valence-corrected chi connectivity index (χ0v) is 19.6. The highest BCUT2D eigenvalue weighted by Crippen LogP contribution is 2.99. The summed E-state index contributed by atoms with van der Waals surface area (Å²) in [6, 6.07) is 0. The molecule has 0 N–H and O–H groups in total. The zero-order chi connectivity index (χ0) is 10.6. The van der Waals surface area contributed by atoms with Gasteiger partial charge >= 0.3 is 0 Å². The molecule has 0 saturated heterocycles. The van der Waals surface area contributed by atoms with Crippen LogP contribution < -0.4 is 0 Å². The third-order valence-electron chi connectivity index (χ3n) is 1.13. The highest BCUT2D eigenvalue weighted by Gasteiger charge is 2.28. The van der Waals surface area contributed by atoms with E-state index in [1.807, 2.05) is 0 Å². The van der Waals surface area contributed by atoms with Crippen LogP contribution in [-0.4, -0.2) is 5.14 Å². The van der Waals surface area contributed by atoms with Crippen LogP contribution in [0.2, 0.25) is 0 Å². The van der Waals surface area contributed by atoms with E-state index in [1.165, 1.54) is 0 Å². The molecule has 0 aliphatic heterocycles. The van der Waals surface area contributed by atoms with Gasteiger partial charge in [-0.3, -0.25) is 0 Å². The Labute approximate surface area is 104 Å². The third-order valence-corrected chi connectivity index (χ3v) is 39.9. The van der Waals surface area contributed by atoms with Crippen LogP contribution in [-0.2, 0) is 0 Å². The summed E-state index contributed by atoms with van der Waals surface area (Å²) in [5.74, 6) is 0. The molecule has 0 heterocycles. The molecule has 0 aromatic carbocycles. The molecule has 80 valence electrons. The first-order valence-electron chi connectivity index (χ1n) is 3.04. The second-order valence-corrected chi connectivity index (χ2v) is 35.2. The molecule has 0 aliphatic rings. The highest BCUT2D eigenvalue weighted by atomic mass is 32.9. The predicted octanol–water partition coefficient (Wildman–Crippen LogP) is 6.24. The fraction of sp³-hybridized carbons (Fsp3) is 1.00. The molecule has 0 fully saturated rings. The largest absolute Gasteiger partial charge is 0.110 e. The Balaban J connectivity index is 4.49. The molecule has 9 unspecified atom stereocenters. The molecular formula is CH16P12. The number of hydrogen-bond acceptors (Lipinski definition) is 0. The standard InChI is InChI=1S/CH16P12/c2-9-12(13(7)8)1(10(3)4)11(5)6/h1,9H,2-8H2. The zero-order valence-electron chi connectivity index (χ0n) is 6.91. The summed E-state index contributed by atoms with van der Waals surface area (Å²) in [6.45, 7) is 0.100. The molecule has 0 nitrogen and oxygen atoms in total. The molecule has 0 radical (unpaired) electrons. The van der Waals surface area contributed by atoms with E-state index in [2.05, 4.69) is 62.5 Å². The number of rotatable bonds is 5. The fourth-order valence-electron chi connectivity index (χ4n) is 0.659. The van der Waals surface area contributed by atoms with E-state index in [1.54, 1.807) is 0 Å². The second kappa shape index (κ2) is 10.0. The van der Waals surface area contributed by atoms with Crippen LogP contribution in [0.3, 0.4) is 0 Å². The van der Waals surface area contributed by atoms with Crippen molar-refractivity contribution in [2.75, 3.05) is 0 Å². The van der Waals surface area contributed by atoms with Crippen molar-refractivity contribution in [1.29, 1.82) is 0 Å². The number of hydrogen-bond donors (Lipinski definition) is 0. The molecule has 0 aliphatic carbocycles. The first-order valence-corrected chi connectivity index (χ1v) is 22.7. The summed E-state index contributed by atoms with van der Waals surface area (Å²) in [5.41, 5.74) is 0. The lowest BCUT2D eigenvalue weighted by atomic mass is 11.9. The Morgan fingerprint density at radius 2 is 1.23 bits per heavy atom. The normalized spacial score (nSPS) is 15.9. The van der Waals surface area contributed by atoms with Crippen LogP contribution in [0.1, 0.15) is 0 Å². The lowest BCUT2D eigenvalue weighted by Gasteiger charge is -2.34. The van der Waals surface area contributed by atoms with Gasteiger partial charge in [0.2, 0.25) is 0 Å². The van der Waals surface area contributed by atoms with E-state index in [4.69, 9.17) is 0 Å². The van der Waals surface area contributed by atoms with E-state index in [9.17, 15) is 0 Å². The highest BCUT2D eigenvalue weighted by molar-refractivity contribution is 8.90. The van der Waals surface area contributed by atoms with Crippen LogP contribution >= 0.6 is 99.3 Å². The first kappa shape index (κ1) is 18.2. The summed E-state index contributed by atoms with van der Waals surface area (Å²) in [7, 11) is 22.3. The SMILES string of the molecule is PPP(C(P(P)P)P(P)P)P(P)P. The monoisotopic (exact) mass is 400 g/mol. The van der Waals surface area contributed by atoms with Crippen molar-refractivity contribution in [2.24, 2.45) is 0 Å². The van der Waals surface area contributed by atoms with Gasteiger partial charge in [0.1, 0.15) is 0 Å². The van der Waals surface area contributed by atoms with Crippen molar-refractivity contribution in [2.45, 2.75) is 5.14 Å². The van der Waals surface area contributed by atoms with Crippen LogP contribution in [0, 0.1) is 0 Å². The van der Waals surface area contributed by atoms with Crippen LogP contribution in [0.5, 0.6) is 0 Å². The molecule has 9 atom stereocenters. The van der Waals surface area contributed by atoms with Gasteiger partial charge in [0, 0.05) is 5.14 Å². The lowest BCUT2D eigenvalue weighted by Crippen LogP contribution is -1.82. The summed E-state index contributed by atoms with van der Waals surface area (Å²) in [5, 5.41) is 0.918. The van der Waals surface area contributed by atoms with Crippen molar-refractivity contribution < 1.29 is 0 Å². The average molecular weight is 400 g/mol. The van der Waals surface area contributed by atoms with E-state index < -0.39 is 0 Å². The van der Waals surface area contributed by atoms with Gasteiger partial charge < -0.3 is 0 Å². The topological polar surface area (TPSA) is 0 Å². The minimum Gasteiger partial charge on any atom is -0.110 e. The Bertz CT molecular complexity index is 119. The molecule has 0 amide bonds. The minimum absolute atomic E-state index is 0.0514. The summed E-state index contributed by atoms with van der Waals surface area (Å²) >= 11 is 0. The molecule has 0 aromatic heterocycles. The van der Waals surface area contributed by atoms with Gasteiger partial charge in [-0.15, -0.1) is 62.5 Å². The van der Waals surface area contributed by atoms with Gasteiger partial charge in [-0.1, -0.05) is 22.6 Å². The maximum atomic E-state index is 3.01. The Kier molecular flexibility index (Phi) is 14.0. The van der Waals surface area contributed by atoms with Gasteiger partial charge in [-0.2, -0.15) is 0 Å².